The molecule has 6 nitrogen and oxygen atoms in total. The van der Waals surface area contributed by atoms with Crippen LogP contribution < -0.4 is 11.1 Å². The van der Waals surface area contributed by atoms with Crippen LogP contribution in [0, 0.1) is 0 Å². The molecule has 0 spiro atoms. The monoisotopic (exact) mass is 508 g/mol. The molecular formula is C28H23F3N2O4. The predicted octanol–water partition coefficient (Wildman–Crippen LogP) is 5.21. The molecule has 0 saturated heterocycles. The van der Waals surface area contributed by atoms with Crippen LogP contribution in [-0.4, -0.2) is 35.0 Å². The van der Waals surface area contributed by atoms with Gasteiger partial charge in [0.25, 0.3) is 0 Å². The molecule has 0 saturated carbocycles. The first-order valence-electron chi connectivity index (χ1n) is 11.1. The number of nitrogens with two attached hydrogens (primary N) is 1. The van der Waals surface area contributed by atoms with Gasteiger partial charge in [-0.2, -0.15) is 13.2 Å². The number of fused-ring (bicyclic) bond motifs is 1. The first-order chi connectivity index (χ1) is 17.5. The largest absolute Gasteiger partial charge is 0.490 e. The van der Waals surface area contributed by atoms with E-state index >= 15 is 0 Å². The van der Waals surface area contributed by atoms with Gasteiger partial charge in [0.05, 0.1) is 6.04 Å². The Morgan fingerprint density at radius 2 is 1.32 bits per heavy atom. The number of halogens is 3. The third-order valence-corrected chi connectivity index (χ3v) is 5.30. The van der Waals surface area contributed by atoms with Crippen LogP contribution in [0.4, 0.5) is 18.9 Å². The Kier molecular flexibility index (Phi) is 8.76. The smallest absolute Gasteiger partial charge is 0.475 e. The number of aliphatic carboxylic acids is 1. The molecule has 0 fully saturated rings. The van der Waals surface area contributed by atoms with E-state index in [1.807, 2.05) is 72.8 Å². The molecule has 9 heteroatoms. The molecule has 0 aliphatic carbocycles. The van der Waals surface area contributed by atoms with Gasteiger partial charge in [0.2, 0.25) is 5.91 Å². The second kappa shape index (κ2) is 12.0. The molecule has 0 radical (unpaired) electrons. The molecule has 0 aromatic heterocycles. The summed E-state index contributed by atoms with van der Waals surface area (Å²) < 4.78 is 31.7. The van der Waals surface area contributed by atoms with Crippen molar-refractivity contribution in [3.05, 3.63) is 114 Å². The van der Waals surface area contributed by atoms with E-state index in [2.05, 4.69) is 5.32 Å². The van der Waals surface area contributed by atoms with Crippen molar-refractivity contribution in [1.29, 1.82) is 0 Å². The maximum Gasteiger partial charge on any atom is 0.490 e. The molecule has 0 unspecified atom stereocenters. The van der Waals surface area contributed by atoms with Crippen LogP contribution >= 0.6 is 0 Å². The van der Waals surface area contributed by atoms with E-state index < -0.39 is 18.2 Å². The number of benzene rings is 4. The van der Waals surface area contributed by atoms with Crippen LogP contribution in [0.1, 0.15) is 21.5 Å². The highest BCUT2D eigenvalue weighted by molar-refractivity contribution is 6.09. The van der Waals surface area contributed by atoms with Crippen molar-refractivity contribution in [3.8, 4) is 0 Å². The Hall–Kier alpha value is -4.50. The Morgan fingerprint density at radius 1 is 0.784 bits per heavy atom. The van der Waals surface area contributed by atoms with E-state index in [1.54, 1.807) is 24.3 Å². The summed E-state index contributed by atoms with van der Waals surface area (Å²) in [4.78, 5) is 33.9. The van der Waals surface area contributed by atoms with Crippen LogP contribution in [0.2, 0.25) is 0 Å². The second-order valence-corrected chi connectivity index (χ2v) is 8.06. The van der Waals surface area contributed by atoms with Crippen LogP contribution in [0.25, 0.3) is 10.8 Å². The lowest BCUT2D eigenvalue weighted by molar-refractivity contribution is -0.192. The summed E-state index contributed by atoms with van der Waals surface area (Å²) >= 11 is 0. The number of carbonyl (C=O) groups is 3. The van der Waals surface area contributed by atoms with Crippen LogP contribution in [-0.2, 0) is 16.0 Å². The van der Waals surface area contributed by atoms with Gasteiger partial charge >= 0.3 is 12.1 Å². The number of nitrogens with one attached hydrogen (secondary N) is 1. The minimum Gasteiger partial charge on any atom is -0.475 e. The van der Waals surface area contributed by atoms with E-state index in [0.29, 0.717) is 17.5 Å². The SMILES string of the molecule is N[C@@H](Cc1ccc(C(=O)c2ccccc2)cc1)C(=O)Nc1ccc2ccccc2c1.O=C(O)C(F)(F)F. The van der Waals surface area contributed by atoms with Crippen molar-refractivity contribution in [1.82, 2.24) is 0 Å². The average molecular weight is 508 g/mol. The summed E-state index contributed by atoms with van der Waals surface area (Å²) in [5, 5.41) is 12.2. The van der Waals surface area contributed by atoms with Gasteiger partial charge in [-0.3, -0.25) is 9.59 Å². The minimum absolute atomic E-state index is 0.0273. The molecule has 0 aliphatic heterocycles. The Morgan fingerprint density at radius 3 is 1.92 bits per heavy atom. The highest BCUT2D eigenvalue weighted by Gasteiger charge is 2.38. The molecule has 1 atom stereocenters. The number of hydrogen-bond donors (Lipinski definition) is 3. The van der Waals surface area contributed by atoms with Gasteiger partial charge in [0.1, 0.15) is 0 Å². The number of alkyl halides is 3. The standard InChI is InChI=1S/C26H22N2O2.C2HF3O2/c27-24(26(30)28-23-15-14-19-6-4-5-9-22(19)17-23)16-18-10-12-21(13-11-18)25(29)20-7-2-1-3-8-20;3-2(4,5)1(6)7/h1-15,17,24H,16,27H2,(H,28,30);(H,6,7)/t24-;/m0./s1. The fraction of sp³-hybridized carbons (Fsp3) is 0.107. The average Bonchev–Trinajstić information content (AvgIpc) is 2.89. The summed E-state index contributed by atoms with van der Waals surface area (Å²) in [6.07, 6.45) is -4.70. The molecule has 1 amide bonds. The van der Waals surface area contributed by atoms with Crippen molar-refractivity contribution in [2.75, 3.05) is 5.32 Å². The zero-order valence-corrected chi connectivity index (χ0v) is 19.4. The third-order valence-electron chi connectivity index (χ3n) is 5.30. The van der Waals surface area contributed by atoms with Crippen molar-refractivity contribution >= 4 is 34.1 Å². The molecule has 0 heterocycles. The number of rotatable bonds is 6. The number of anilines is 1. The van der Waals surface area contributed by atoms with Crippen LogP contribution in [0.5, 0.6) is 0 Å². The van der Waals surface area contributed by atoms with E-state index in [-0.39, 0.29) is 11.7 Å². The lowest BCUT2D eigenvalue weighted by atomic mass is 9.99. The lowest BCUT2D eigenvalue weighted by Crippen LogP contribution is -2.37. The predicted molar refractivity (Wildman–Crippen MR) is 134 cm³/mol. The maximum absolute atomic E-state index is 12.5. The van der Waals surface area contributed by atoms with E-state index in [4.69, 9.17) is 15.6 Å². The summed E-state index contributed by atoms with van der Waals surface area (Å²) in [5.41, 5.74) is 9.00. The second-order valence-electron chi connectivity index (χ2n) is 8.06. The molecule has 4 aromatic carbocycles. The van der Waals surface area contributed by atoms with Gasteiger partial charge in [0.15, 0.2) is 5.78 Å². The van der Waals surface area contributed by atoms with E-state index in [1.165, 1.54) is 0 Å². The van der Waals surface area contributed by atoms with Gasteiger partial charge in [-0.05, 0) is 34.9 Å². The number of amides is 1. The fourth-order valence-electron chi connectivity index (χ4n) is 3.40. The Labute approximate surface area is 210 Å². The zero-order valence-electron chi connectivity index (χ0n) is 19.4. The topological polar surface area (TPSA) is 109 Å². The minimum atomic E-state index is -5.08. The van der Waals surface area contributed by atoms with Crippen LogP contribution in [0.3, 0.4) is 0 Å². The fourth-order valence-corrected chi connectivity index (χ4v) is 3.40. The third kappa shape index (κ3) is 7.74. The number of carboxylic acid groups (broad SMARTS) is 1. The molecule has 4 N–H and O–H groups in total. The van der Waals surface area contributed by atoms with Crippen molar-refractivity contribution < 1.29 is 32.7 Å². The Bertz CT molecular complexity index is 1390. The van der Waals surface area contributed by atoms with Crippen molar-refractivity contribution in [2.45, 2.75) is 18.6 Å². The summed E-state index contributed by atoms with van der Waals surface area (Å²) in [6.45, 7) is 0. The van der Waals surface area contributed by atoms with Gasteiger partial charge in [-0.25, -0.2) is 4.79 Å². The molecule has 4 aromatic rings. The highest BCUT2D eigenvalue weighted by atomic mass is 19.4. The summed E-state index contributed by atoms with van der Waals surface area (Å²) in [6, 6.07) is 29.5. The van der Waals surface area contributed by atoms with Gasteiger partial charge in [-0.15, -0.1) is 0 Å². The Balaban J connectivity index is 0.000000479. The molecule has 4 rings (SSSR count). The van der Waals surface area contributed by atoms with Gasteiger partial charge in [-0.1, -0.05) is 84.9 Å². The van der Waals surface area contributed by atoms with Crippen molar-refractivity contribution in [3.63, 3.8) is 0 Å². The number of carboxylic acids is 1. The van der Waals surface area contributed by atoms with Gasteiger partial charge in [0, 0.05) is 16.8 Å². The van der Waals surface area contributed by atoms with E-state index in [0.717, 1.165) is 22.0 Å². The molecule has 0 aliphatic rings. The molecule has 0 bridgehead atoms. The lowest BCUT2D eigenvalue weighted by Gasteiger charge is -2.13. The van der Waals surface area contributed by atoms with E-state index in [9.17, 15) is 22.8 Å². The summed E-state index contributed by atoms with van der Waals surface area (Å²) in [5.74, 6) is -3.03. The van der Waals surface area contributed by atoms with Gasteiger partial charge < -0.3 is 16.2 Å². The van der Waals surface area contributed by atoms with Crippen LogP contribution in [0.15, 0.2) is 97.1 Å². The maximum atomic E-state index is 12.5. The number of hydrogen-bond acceptors (Lipinski definition) is 4. The number of carbonyl (C=O) groups excluding carboxylic acids is 2. The summed E-state index contributed by atoms with van der Waals surface area (Å²) in [7, 11) is 0. The molecular weight excluding hydrogens is 485 g/mol. The zero-order chi connectivity index (χ0) is 27.0. The first-order valence-corrected chi connectivity index (χ1v) is 11.1. The van der Waals surface area contributed by atoms with Crippen molar-refractivity contribution in [2.24, 2.45) is 5.73 Å². The normalized spacial score (nSPS) is 11.7. The quantitative estimate of drug-likeness (QED) is 0.310. The first kappa shape index (κ1) is 27.1. The molecule has 37 heavy (non-hydrogen) atoms. The molecule has 190 valence electrons. The highest BCUT2D eigenvalue weighted by Crippen LogP contribution is 2.19. The number of ketones is 1.